The van der Waals surface area contributed by atoms with Crippen molar-refractivity contribution < 1.29 is 14.4 Å². The lowest BCUT2D eigenvalue weighted by Crippen LogP contribution is -2.45. The average molecular weight is 420 g/mol. The van der Waals surface area contributed by atoms with Gasteiger partial charge in [0.05, 0.1) is 5.16 Å². The van der Waals surface area contributed by atoms with Gasteiger partial charge in [-0.2, -0.15) is 0 Å². The molecule has 3 unspecified atom stereocenters. The zero-order chi connectivity index (χ0) is 21.0. The SMILES string of the molecule is O=P(O)(O)C1(Cc2ccccc2)CCC(c2ccccc2)CC1Cc1ccccc1. The van der Waals surface area contributed by atoms with Crippen molar-refractivity contribution in [3.8, 4) is 0 Å². The highest BCUT2D eigenvalue weighted by atomic mass is 31.2. The van der Waals surface area contributed by atoms with Crippen molar-refractivity contribution in [1.29, 1.82) is 0 Å². The molecule has 1 aliphatic rings. The topological polar surface area (TPSA) is 57.5 Å². The van der Waals surface area contributed by atoms with Crippen LogP contribution in [0, 0.1) is 5.92 Å². The first-order valence-electron chi connectivity index (χ1n) is 10.7. The van der Waals surface area contributed by atoms with Gasteiger partial charge in [0.15, 0.2) is 0 Å². The number of benzene rings is 3. The van der Waals surface area contributed by atoms with Gasteiger partial charge in [0, 0.05) is 0 Å². The molecule has 0 radical (unpaired) electrons. The average Bonchev–Trinajstić information content (AvgIpc) is 2.76. The standard InChI is InChI=1S/C26H29O3P/c27-30(28,29)26(20-22-12-6-2-7-13-22)17-16-24(23-14-8-3-9-15-23)19-25(26)18-21-10-4-1-5-11-21/h1-15,24-25H,16-20H2,(H2,27,28,29). The first-order valence-corrected chi connectivity index (χ1v) is 12.3. The van der Waals surface area contributed by atoms with Crippen LogP contribution >= 0.6 is 7.60 Å². The summed E-state index contributed by atoms with van der Waals surface area (Å²) in [5.41, 5.74) is 3.41. The quantitative estimate of drug-likeness (QED) is 0.483. The second kappa shape index (κ2) is 8.89. The number of hydrogen-bond donors (Lipinski definition) is 2. The molecule has 0 spiro atoms. The predicted octanol–water partition coefficient (Wildman–Crippen LogP) is 5.97. The third-order valence-corrected chi connectivity index (χ3v) is 8.69. The minimum absolute atomic E-state index is 0.0973. The monoisotopic (exact) mass is 420 g/mol. The molecule has 0 aliphatic heterocycles. The Hall–Kier alpha value is -2.19. The number of rotatable bonds is 6. The molecule has 3 nitrogen and oxygen atoms in total. The maximum Gasteiger partial charge on any atom is 0.332 e. The second-order valence-corrected chi connectivity index (χ2v) is 10.6. The van der Waals surface area contributed by atoms with Gasteiger partial charge in [-0.15, -0.1) is 0 Å². The van der Waals surface area contributed by atoms with Crippen LogP contribution in [-0.2, 0) is 17.4 Å². The van der Waals surface area contributed by atoms with Crippen molar-refractivity contribution >= 4 is 7.60 Å². The smallest absolute Gasteiger partial charge is 0.324 e. The summed E-state index contributed by atoms with van der Waals surface area (Å²) in [4.78, 5) is 21.3. The first kappa shape index (κ1) is 21.1. The van der Waals surface area contributed by atoms with Gasteiger partial charge in [0.25, 0.3) is 0 Å². The normalized spacial score (nSPS) is 24.5. The molecule has 4 rings (SSSR count). The molecule has 2 N–H and O–H groups in total. The van der Waals surface area contributed by atoms with E-state index in [2.05, 4.69) is 36.4 Å². The lowest BCUT2D eigenvalue weighted by atomic mass is 9.67. The Balaban J connectivity index is 1.73. The van der Waals surface area contributed by atoms with E-state index in [-0.39, 0.29) is 5.92 Å². The lowest BCUT2D eigenvalue weighted by molar-refractivity contribution is 0.191. The summed E-state index contributed by atoms with van der Waals surface area (Å²) in [6.07, 6.45) is 3.21. The van der Waals surface area contributed by atoms with Crippen molar-refractivity contribution in [3.05, 3.63) is 108 Å². The highest BCUT2D eigenvalue weighted by Crippen LogP contribution is 2.63. The van der Waals surface area contributed by atoms with Gasteiger partial charge >= 0.3 is 7.60 Å². The van der Waals surface area contributed by atoms with Crippen LogP contribution in [0.2, 0.25) is 0 Å². The van der Waals surface area contributed by atoms with E-state index >= 15 is 0 Å². The van der Waals surface area contributed by atoms with E-state index in [4.69, 9.17) is 0 Å². The van der Waals surface area contributed by atoms with E-state index in [1.54, 1.807) is 0 Å². The Morgan fingerprint density at radius 3 is 1.90 bits per heavy atom. The van der Waals surface area contributed by atoms with Crippen LogP contribution in [0.5, 0.6) is 0 Å². The van der Waals surface area contributed by atoms with Crippen molar-refractivity contribution in [3.63, 3.8) is 0 Å². The van der Waals surface area contributed by atoms with E-state index < -0.39 is 12.8 Å². The van der Waals surface area contributed by atoms with Crippen LogP contribution in [0.4, 0.5) is 0 Å². The molecule has 3 aromatic carbocycles. The maximum atomic E-state index is 13.1. The van der Waals surface area contributed by atoms with Gasteiger partial charge in [0.2, 0.25) is 0 Å². The van der Waals surface area contributed by atoms with E-state index in [0.717, 1.165) is 24.0 Å². The summed E-state index contributed by atoms with van der Waals surface area (Å²) in [5.74, 6) is 0.232. The van der Waals surface area contributed by atoms with Crippen LogP contribution < -0.4 is 0 Å². The minimum atomic E-state index is -4.35. The molecule has 30 heavy (non-hydrogen) atoms. The van der Waals surface area contributed by atoms with Gasteiger partial charge in [0.1, 0.15) is 0 Å². The van der Waals surface area contributed by atoms with Crippen LogP contribution in [0.15, 0.2) is 91.0 Å². The van der Waals surface area contributed by atoms with Crippen molar-refractivity contribution in [2.75, 3.05) is 0 Å². The molecular formula is C26H29O3P. The Morgan fingerprint density at radius 2 is 1.33 bits per heavy atom. The van der Waals surface area contributed by atoms with Gasteiger partial charge < -0.3 is 9.79 Å². The molecule has 0 saturated heterocycles. The largest absolute Gasteiger partial charge is 0.332 e. The Kier molecular flexibility index (Phi) is 6.24. The summed E-state index contributed by atoms with van der Waals surface area (Å²) in [7, 11) is -4.35. The fourth-order valence-corrected chi connectivity index (χ4v) is 6.66. The molecule has 0 amide bonds. The molecule has 1 saturated carbocycles. The van der Waals surface area contributed by atoms with E-state index in [1.807, 2.05) is 54.6 Å². The highest BCUT2D eigenvalue weighted by molar-refractivity contribution is 7.53. The fourth-order valence-electron chi connectivity index (χ4n) is 5.18. The molecule has 0 aromatic heterocycles. The Morgan fingerprint density at radius 1 is 0.800 bits per heavy atom. The molecule has 3 aromatic rings. The van der Waals surface area contributed by atoms with Gasteiger partial charge in [-0.1, -0.05) is 91.0 Å². The third-order valence-electron chi connectivity index (χ3n) is 6.78. The fraction of sp³-hybridized carbons (Fsp3) is 0.308. The molecular weight excluding hydrogens is 391 g/mol. The maximum absolute atomic E-state index is 13.1. The van der Waals surface area contributed by atoms with Crippen molar-refractivity contribution in [1.82, 2.24) is 0 Å². The molecule has 3 atom stereocenters. The molecule has 0 heterocycles. The summed E-state index contributed by atoms with van der Waals surface area (Å²) in [5, 5.41) is -1.03. The summed E-state index contributed by atoms with van der Waals surface area (Å²) >= 11 is 0. The first-order chi connectivity index (χ1) is 14.5. The molecule has 1 aliphatic carbocycles. The predicted molar refractivity (Wildman–Crippen MR) is 122 cm³/mol. The summed E-state index contributed by atoms with van der Waals surface area (Å²) in [6, 6.07) is 30.4. The van der Waals surface area contributed by atoms with E-state index in [9.17, 15) is 14.4 Å². The van der Waals surface area contributed by atoms with E-state index in [0.29, 0.717) is 25.2 Å². The highest BCUT2D eigenvalue weighted by Gasteiger charge is 2.54. The zero-order valence-corrected chi connectivity index (χ0v) is 18.0. The summed E-state index contributed by atoms with van der Waals surface area (Å²) in [6.45, 7) is 0. The third kappa shape index (κ3) is 4.44. The van der Waals surface area contributed by atoms with E-state index in [1.165, 1.54) is 5.56 Å². The lowest BCUT2D eigenvalue weighted by Gasteiger charge is -2.47. The number of hydrogen-bond acceptors (Lipinski definition) is 1. The van der Waals surface area contributed by atoms with Crippen molar-refractivity contribution in [2.24, 2.45) is 5.92 Å². The van der Waals surface area contributed by atoms with Crippen molar-refractivity contribution in [2.45, 2.75) is 43.2 Å². The molecule has 156 valence electrons. The van der Waals surface area contributed by atoms with Crippen LogP contribution in [0.1, 0.15) is 41.9 Å². The molecule has 0 bridgehead atoms. The van der Waals surface area contributed by atoms with Crippen LogP contribution in [-0.4, -0.2) is 14.9 Å². The zero-order valence-electron chi connectivity index (χ0n) is 17.1. The van der Waals surface area contributed by atoms with Gasteiger partial charge in [-0.3, -0.25) is 4.57 Å². The molecule has 1 fully saturated rings. The molecule has 4 heteroatoms. The second-order valence-electron chi connectivity index (χ2n) is 8.58. The van der Waals surface area contributed by atoms with Crippen LogP contribution in [0.3, 0.4) is 0 Å². The van der Waals surface area contributed by atoms with Gasteiger partial charge in [-0.25, -0.2) is 0 Å². The van der Waals surface area contributed by atoms with Crippen LogP contribution in [0.25, 0.3) is 0 Å². The van der Waals surface area contributed by atoms with Gasteiger partial charge in [-0.05, 0) is 60.6 Å². The Bertz CT molecular complexity index is 985. The summed E-state index contributed by atoms with van der Waals surface area (Å²) < 4.78 is 13.1. The Labute approximate surface area is 179 Å². The minimum Gasteiger partial charge on any atom is -0.324 e.